The van der Waals surface area contributed by atoms with Gasteiger partial charge in [0.2, 0.25) is 5.91 Å². The summed E-state index contributed by atoms with van der Waals surface area (Å²) < 4.78 is 27.1. The van der Waals surface area contributed by atoms with Gasteiger partial charge in [0.25, 0.3) is 10.0 Å². The fourth-order valence-corrected chi connectivity index (χ4v) is 3.48. The molecule has 7 heteroatoms. The molecule has 0 aliphatic rings. The van der Waals surface area contributed by atoms with Crippen LogP contribution in [-0.2, 0) is 14.8 Å². The van der Waals surface area contributed by atoms with Crippen LogP contribution in [0.5, 0.6) is 0 Å². The SMILES string of the molecule is NC(=O)CN(c1ccccc1)S(=O)(=O)c1ccc(Br)cc1. The third-order valence-electron chi connectivity index (χ3n) is 2.75. The van der Waals surface area contributed by atoms with Crippen molar-refractivity contribution in [1.29, 1.82) is 0 Å². The Hall–Kier alpha value is -1.86. The topological polar surface area (TPSA) is 80.5 Å². The van der Waals surface area contributed by atoms with E-state index in [4.69, 9.17) is 5.73 Å². The average Bonchev–Trinajstić information content (AvgIpc) is 2.46. The summed E-state index contributed by atoms with van der Waals surface area (Å²) in [5.41, 5.74) is 5.57. The number of hydrogen-bond donors (Lipinski definition) is 1. The lowest BCUT2D eigenvalue weighted by atomic mass is 10.3. The Bertz CT molecular complexity index is 731. The molecule has 0 bridgehead atoms. The fraction of sp³-hybridized carbons (Fsp3) is 0.0714. The van der Waals surface area contributed by atoms with Crippen molar-refractivity contribution in [2.45, 2.75) is 4.90 Å². The van der Waals surface area contributed by atoms with Crippen molar-refractivity contribution in [3.63, 3.8) is 0 Å². The zero-order chi connectivity index (χ0) is 15.5. The van der Waals surface area contributed by atoms with Crippen LogP contribution in [0.25, 0.3) is 0 Å². The van der Waals surface area contributed by atoms with Crippen molar-refractivity contribution in [3.8, 4) is 0 Å². The number of halogens is 1. The number of amides is 1. The highest BCUT2D eigenvalue weighted by atomic mass is 79.9. The molecule has 0 heterocycles. The zero-order valence-electron chi connectivity index (χ0n) is 10.9. The number of benzene rings is 2. The number of carbonyl (C=O) groups excluding carboxylic acids is 1. The van der Waals surface area contributed by atoms with Gasteiger partial charge in [-0.15, -0.1) is 0 Å². The minimum Gasteiger partial charge on any atom is -0.368 e. The summed E-state index contributed by atoms with van der Waals surface area (Å²) in [7, 11) is -3.85. The van der Waals surface area contributed by atoms with Gasteiger partial charge in [-0.3, -0.25) is 9.10 Å². The predicted octanol–water partition coefficient (Wildman–Crippen LogP) is 2.13. The minimum absolute atomic E-state index is 0.0933. The zero-order valence-corrected chi connectivity index (χ0v) is 13.3. The maximum Gasteiger partial charge on any atom is 0.264 e. The van der Waals surface area contributed by atoms with Crippen LogP contribution in [0, 0.1) is 0 Å². The van der Waals surface area contributed by atoms with Crippen molar-refractivity contribution in [2.75, 3.05) is 10.8 Å². The minimum atomic E-state index is -3.85. The average molecular weight is 369 g/mol. The van der Waals surface area contributed by atoms with Crippen LogP contribution >= 0.6 is 15.9 Å². The maximum absolute atomic E-state index is 12.7. The molecule has 0 saturated carbocycles. The molecule has 0 aliphatic heterocycles. The lowest BCUT2D eigenvalue weighted by Crippen LogP contribution is -2.38. The first-order valence-electron chi connectivity index (χ1n) is 6.03. The van der Waals surface area contributed by atoms with Gasteiger partial charge >= 0.3 is 0 Å². The van der Waals surface area contributed by atoms with Crippen LogP contribution in [0.4, 0.5) is 5.69 Å². The fourth-order valence-electron chi connectivity index (χ4n) is 1.78. The van der Waals surface area contributed by atoms with Crippen LogP contribution in [0.3, 0.4) is 0 Å². The van der Waals surface area contributed by atoms with E-state index in [1.165, 1.54) is 12.1 Å². The number of rotatable bonds is 5. The van der Waals surface area contributed by atoms with Gasteiger partial charge in [0.05, 0.1) is 10.6 Å². The van der Waals surface area contributed by atoms with E-state index in [1.54, 1.807) is 42.5 Å². The number of sulfonamides is 1. The second kappa shape index (κ2) is 6.28. The van der Waals surface area contributed by atoms with E-state index in [0.29, 0.717) is 5.69 Å². The number of nitrogens with zero attached hydrogens (tertiary/aromatic N) is 1. The van der Waals surface area contributed by atoms with Crippen LogP contribution in [-0.4, -0.2) is 20.9 Å². The Morgan fingerprint density at radius 3 is 2.14 bits per heavy atom. The van der Waals surface area contributed by atoms with Crippen molar-refractivity contribution < 1.29 is 13.2 Å². The van der Waals surface area contributed by atoms with Crippen molar-refractivity contribution in [1.82, 2.24) is 0 Å². The van der Waals surface area contributed by atoms with Gasteiger partial charge in [0.15, 0.2) is 0 Å². The molecule has 1 amide bonds. The monoisotopic (exact) mass is 368 g/mol. The molecule has 0 aliphatic carbocycles. The van der Waals surface area contributed by atoms with Crippen LogP contribution in [0.1, 0.15) is 0 Å². The number of carbonyl (C=O) groups is 1. The third kappa shape index (κ3) is 3.62. The van der Waals surface area contributed by atoms with Crippen LogP contribution in [0.2, 0.25) is 0 Å². The lowest BCUT2D eigenvalue weighted by molar-refractivity contribution is -0.116. The highest BCUT2D eigenvalue weighted by Crippen LogP contribution is 2.24. The third-order valence-corrected chi connectivity index (χ3v) is 5.06. The highest BCUT2D eigenvalue weighted by Gasteiger charge is 2.26. The summed E-state index contributed by atoms with van der Waals surface area (Å²) in [5, 5.41) is 0. The van der Waals surface area contributed by atoms with Crippen molar-refractivity contribution in [3.05, 3.63) is 59.1 Å². The lowest BCUT2D eigenvalue weighted by Gasteiger charge is -2.23. The molecule has 2 aromatic rings. The van der Waals surface area contributed by atoms with Gasteiger partial charge in [-0.05, 0) is 36.4 Å². The Morgan fingerprint density at radius 1 is 1.05 bits per heavy atom. The predicted molar refractivity (Wildman–Crippen MR) is 84.3 cm³/mol. The Kier molecular flexibility index (Phi) is 4.64. The molecule has 0 fully saturated rings. The Morgan fingerprint density at radius 2 is 1.62 bits per heavy atom. The molecule has 0 atom stereocenters. The molecule has 5 nitrogen and oxygen atoms in total. The van der Waals surface area contributed by atoms with E-state index in [2.05, 4.69) is 15.9 Å². The van der Waals surface area contributed by atoms with E-state index in [9.17, 15) is 13.2 Å². The number of hydrogen-bond acceptors (Lipinski definition) is 3. The van der Waals surface area contributed by atoms with E-state index < -0.39 is 22.5 Å². The van der Waals surface area contributed by atoms with E-state index in [0.717, 1.165) is 8.78 Å². The number of para-hydroxylation sites is 1. The van der Waals surface area contributed by atoms with Crippen LogP contribution < -0.4 is 10.0 Å². The summed E-state index contributed by atoms with van der Waals surface area (Å²) in [5.74, 6) is -0.723. The Labute approximate surface area is 131 Å². The van der Waals surface area contributed by atoms with Gasteiger partial charge in [0, 0.05) is 4.47 Å². The first kappa shape index (κ1) is 15.5. The van der Waals surface area contributed by atoms with Gasteiger partial charge in [-0.2, -0.15) is 0 Å². The summed E-state index contributed by atoms with van der Waals surface area (Å²) in [6.45, 7) is -0.414. The molecule has 0 aromatic heterocycles. The number of nitrogens with two attached hydrogens (primary N) is 1. The van der Waals surface area contributed by atoms with Gasteiger partial charge in [0.1, 0.15) is 6.54 Å². The molecule has 0 saturated heterocycles. The Balaban J connectivity index is 2.49. The molecule has 2 rings (SSSR count). The number of anilines is 1. The molecule has 2 aromatic carbocycles. The summed E-state index contributed by atoms with van der Waals surface area (Å²) in [6, 6.07) is 14.6. The van der Waals surface area contributed by atoms with E-state index in [-0.39, 0.29) is 4.90 Å². The van der Waals surface area contributed by atoms with Gasteiger partial charge < -0.3 is 5.73 Å². The first-order valence-corrected chi connectivity index (χ1v) is 8.26. The number of primary amides is 1. The standard InChI is InChI=1S/C14H13BrN2O3S/c15-11-6-8-13(9-7-11)21(19,20)17(10-14(16)18)12-4-2-1-3-5-12/h1-9H,10H2,(H2,16,18). The highest BCUT2D eigenvalue weighted by molar-refractivity contribution is 9.10. The van der Waals surface area contributed by atoms with Gasteiger partial charge in [-0.1, -0.05) is 34.1 Å². The molecule has 0 unspecified atom stereocenters. The second-order valence-corrected chi connectivity index (χ2v) is 7.05. The largest absolute Gasteiger partial charge is 0.368 e. The molecule has 0 spiro atoms. The van der Waals surface area contributed by atoms with Crippen molar-refractivity contribution in [2.24, 2.45) is 5.73 Å². The summed E-state index contributed by atoms with van der Waals surface area (Å²) in [6.07, 6.45) is 0. The van der Waals surface area contributed by atoms with Crippen LogP contribution in [0.15, 0.2) is 64.0 Å². The molecule has 21 heavy (non-hydrogen) atoms. The summed E-state index contributed by atoms with van der Waals surface area (Å²) >= 11 is 3.25. The summed E-state index contributed by atoms with van der Waals surface area (Å²) in [4.78, 5) is 11.3. The second-order valence-electron chi connectivity index (χ2n) is 4.27. The normalized spacial score (nSPS) is 11.1. The maximum atomic E-state index is 12.7. The smallest absolute Gasteiger partial charge is 0.264 e. The molecule has 2 N–H and O–H groups in total. The van der Waals surface area contributed by atoms with Crippen molar-refractivity contribution >= 4 is 37.5 Å². The van der Waals surface area contributed by atoms with E-state index >= 15 is 0 Å². The molecular weight excluding hydrogens is 356 g/mol. The quantitative estimate of drug-likeness (QED) is 0.877. The molecular formula is C14H13BrN2O3S. The molecule has 0 radical (unpaired) electrons. The first-order chi connectivity index (χ1) is 9.91. The van der Waals surface area contributed by atoms with E-state index in [1.807, 2.05) is 0 Å². The van der Waals surface area contributed by atoms with Gasteiger partial charge in [-0.25, -0.2) is 8.42 Å². The molecule has 110 valence electrons.